The number of halogens is 4. The predicted molar refractivity (Wildman–Crippen MR) is 78.4 cm³/mol. The zero-order valence-electron chi connectivity index (χ0n) is 11.2. The van der Waals surface area contributed by atoms with Crippen LogP contribution in [0.25, 0.3) is 0 Å². The lowest BCUT2D eigenvalue weighted by atomic mass is 9.99. The second-order valence-electron chi connectivity index (χ2n) is 4.71. The van der Waals surface area contributed by atoms with E-state index < -0.39 is 11.7 Å². The summed E-state index contributed by atoms with van der Waals surface area (Å²) in [6.45, 7) is 1.82. The zero-order chi connectivity index (χ0) is 15.6. The fourth-order valence-corrected chi connectivity index (χ4v) is 2.37. The van der Waals surface area contributed by atoms with Crippen LogP contribution in [0.5, 0.6) is 0 Å². The summed E-state index contributed by atoms with van der Waals surface area (Å²) in [4.78, 5) is 12.2. The molecule has 0 aliphatic rings. The average Bonchev–Trinajstić information content (AvgIpc) is 2.41. The molecular weight excluding hydrogens is 345 g/mol. The molecule has 0 saturated heterocycles. The Bertz CT molecular complexity index is 660. The normalized spacial score (nSPS) is 11.5. The molecule has 21 heavy (non-hydrogen) atoms. The van der Waals surface area contributed by atoms with Gasteiger partial charge in [0, 0.05) is 16.5 Å². The number of Topliss-reactive ketones (excluding diaryl/α,β-unsaturated/α-hetero) is 1. The quantitative estimate of drug-likeness (QED) is 0.690. The van der Waals surface area contributed by atoms with Crippen LogP contribution in [0.3, 0.4) is 0 Å². The fourth-order valence-electron chi connectivity index (χ4n) is 2.00. The van der Waals surface area contributed by atoms with E-state index in [4.69, 9.17) is 0 Å². The number of hydrogen-bond donors (Lipinski definition) is 0. The van der Waals surface area contributed by atoms with Crippen molar-refractivity contribution in [3.8, 4) is 0 Å². The average molecular weight is 357 g/mol. The van der Waals surface area contributed by atoms with E-state index in [-0.39, 0.29) is 12.2 Å². The minimum atomic E-state index is -4.36. The Morgan fingerprint density at radius 3 is 2.29 bits per heavy atom. The van der Waals surface area contributed by atoms with Gasteiger partial charge in [-0.3, -0.25) is 4.79 Å². The third kappa shape index (κ3) is 3.73. The molecule has 0 spiro atoms. The van der Waals surface area contributed by atoms with Gasteiger partial charge in [0.15, 0.2) is 5.78 Å². The molecule has 0 radical (unpaired) electrons. The molecule has 2 aromatic rings. The van der Waals surface area contributed by atoms with Crippen molar-refractivity contribution in [1.82, 2.24) is 0 Å². The third-order valence-electron chi connectivity index (χ3n) is 3.21. The number of ketones is 1. The molecule has 2 rings (SSSR count). The van der Waals surface area contributed by atoms with E-state index in [1.807, 2.05) is 13.0 Å². The van der Waals surface area contributed by atoms with Crippen molar-refractivity contribution in [3.05, 3.63) is 69.2 Å². The topological polar surface area (TPSA) is 17.1 Å². The molecule has 0 aromatic heterocycles. The molecule has 0 unspecified atom stereocenters. The largest absolute Gasteiger partial charge is 0.416 e. The van der Waals surface area contributed by atoms with Gasteiger partial charge in [0.2, 0.25) is 0 Å². The van der Waals surface area contributed by atoms with Crippen molar-refractivity contribution < 1.29 is 18.0 Å². The van der Waals surface area contributed by atoms with E-state index in [0.717, 1.165) is 22.2 Å². The molecule has 110 valence electrons. The van der Waals surface area contributed by atoms with Crippen molar-refractivity contribution in [3.63, 3.8) is 0 Å². The highest BCUT2D eigenvalue weighted by Gasteiger charge is 2.30. The van der Waals surface area contributed by atoms with Gasteiger partial charge in [-0.2, -0.15) is 13.2 Å². The number of carbonyl (C=O) groups excluding carboxylic acids is 1. The Balaban J connectivity index is 2.18. The second kappa shape index (κ2) is 6.02. The van der Waals surface area contributed by atoms with E-state index >= 15 is 0 Å². The van der Waals surface area contributed by atoms with E-state index in [1.165, 1.54) is 12.1 Å². The first kappa shape index (κ1) is 15.8. The maximum absolute atomic E-state index is 12.5. The molecule has 0 aliphatic carbocycles. The number of alkyl halides is 3. The van der Waals surface area contributed by atoms with Gasteiger partial charge < -0.3 is 0 Å². The molecule has 2 aromatic carbocycles. The Morgan fingerprint density at radius 1 is 1.10 bits per heavy atom. The van der Waals surface area contributed by atoms with E-state index in [1.54, 1.807) is 12.1 Å². The van der Waals surface area contributed by atoms with Gasteiger partial charge in [-0.25, -0.2) is 0 Å². The summed E-state index contributed by atoms with van der Waals surface area (Å²) in [5, 5.41) is 0. The summed E-state index contributed by atoms with van der Waals surface area (Å²) in [5.74, 6) is -0.117. The van der Waals surface area contributed by atoms with Crippen molar-refractivity contribution >= 4 is 21.7 Å². The summed E-state index contributed by atoms with van der Waals surface area (Å²) in [6.07, 6.45) is -4.28. The smallest absolute Gasteiger partial charge is 0.294 e. The Morgan fingerprint density at radius 2 is 1.71 bits per heavy atom. The molecule has 0 atom stereocenters. The van der Waals surface area contributed by atoms with Gasteiger partial charge in [-0.15, -0.1) is 0 Å². The molecule has 0 heterocycles. The maximum Gasteiger partial charge on any atom is 0.416 e. The van der Waals surface area contributed by atoms with Gasteiger partial charge in [0.25, 0.3) is 0 Å². The number of benzene rings is 2. The summed E-state index contributed by atoms with van der Waals surface area (Å²) < 4.78 is 38.3. The van der Waals surface area contributed by atoms with Crippen LogP contribution in [0.15, 0.2) is 46.9 Å². The van der Waals surface area contributed by atoms with Gasteiger partial charge in [0.05, 0.1) is 5.56 Å². The van der Waals surface area contributed by atoms with Gasteiger partial charge in [0.1, 0.15) is 0 Å². The van der Waals surface area contributed by atoms with Crippen molar-refractivity contribution in [2.45, 2.75) is 19.5 Å². The van der Waals surface area contributed by atoms with E-state index in [9.17, 15) is 18.0 Å². The molecule has 0 amide bonds. The number of rotatable bonds is 3. The minimum Gasteiger partial charge on any atom is -0.294 e. The van der Waals surface area contributed by atoms with Crippen LogP contribution < -0.4 is 0 Å². The fraction of sp³-hybridized carbons (Fsp3) is 0.188. The van der Waals surface area contributed by atoms with Crippen LogP contribution in [0.4, 0.5) is 13.2 Å². The van der Waals surface area contributed by atoms with Crippen molar-refractivity contribution in [1.29, 1.82) is 0 Å². The maximum atomic E-state index is 12.5. The molecule has 0 N–H and O–H groups in total. The molecule has 0 fully saturated rings. The van der Waals surface area contributed by atoms with Crippen LogP contribution in [-0.2, 0) is 12.6 Å². The van der Waals surface area contributed by atoms with Crippen LogP contribution in [0.2, 0.25) is 0 Å². The van der Waals surface area contributed by atoms with Crippen molar-refractivity contribution in [2.75, 3.05) is 0 Å². The van der Waals surface area contributed by atoms with E-state index in [0.29, 0.717) is 11.1 Å². The lowest BCUT2D eigenvalue weighted by Gasteiger charge is -2.09. The molecule has 1 nitrogen and oxygen atoms in total. The summed E-state index contributed by atoms with van der Waals surface area (Å²) in [5.41, 5.74) is 1.25. The minimum absolute atomic E-state index is 0.0788. The first-order valence-corrected chi connectivity index (χ1v) is 7.03. The summed E-state index contributed by atoms with van der Waals surface area (Å²) in [7, 11) is 0. The molecular formula is C16H12BrF3O. The first-order valence-electron chi connectivity index (χ1n) is 6.23. The number of hydrogen-bond acceptors (Lipinski definition) is 1. The van der Waals surface area contributed by atoms with Gasteiger partial charge >= 0.3 is 6.18 Å². The van der Waals surface area contributed by atoms with Crippen LogP contribution in [0, 0.1) is 6.92 Å². The molecule has 0 bridgehead atoms. The third-order valence-corrected chi connectivity index (χ3v) is 4.07. The van der Waals surface area contributed by atoms with Crippen LogP contribution in [-0.4, -0.2) is 5.78 Å². The molecule has 0 saturated carbocycles. The van der Waals surface area contributed by atoms with Crippen LogP contribution in [0.1, 0.15) is 27.0 Å². The lowest BCUT2D eigenvalue weighted by Crippen LogP contribution is -2.08. The monoisotopic (exact) mass is 356 g/mol. The molecule has 0 aliphatic heterocycles. The summed E-state index contributed by atoms with van der Waals surface area (Å²) in [6, 6.07) is 9.99. The highest BCUT2D eigenvalue weighted by atomic mass is 79.9. The Kier molecular flexibility index (Phi) is 4.52. The van der Waals surface area contributed by atoms with Gasteiger partial charge in [-0.05, 0) is 36.2 Å². The zero-order valence-corrected chi connectivity index (χ0v) is 12.8. The SMILES string of the molecule is Cc1c(Br)cccc1C(=O)Cc1ccc(C(F)(F)F)cc1. The Hall–Kier alpha value is -1.62. The highest BCUT2D eigenvalue weighted by Crippen LogP contribution is 2.29. The lowest BCUT2D eigenvalue weighted by molar-refractivity contribution is -0.137. The van der Waals surface area contributed by atoms with Gasteiger partial charge in [-0.1, -0.05) is 40.2 Å². The standard InChI is InChI=1S/C16H12BrF3O/c1-10-13(3-2-4-14(10)17)15(21)9-11-5-7-12(8-6-11)16(18,19)20/h2-8H,9H2,1H3. The Labute approximate surface area is 128 Å². The summed E-state index contributed by atoms with van der Waals surface area (Å²) >= 11 is 3.35. The van der Waals surface area contributed by atoms with Crippen molar-refractivity contribution in [2.24, 2.45) is 0 Å². The highest BCUT2D eigenvalue weighted by molar-refractivity contribution is 9.10. The first-order chi connectivity index (χ1) is 9.79. The predicted octanol–water partition coefficient (Wildman–Crippen LogP) is 5.20. The second-order valence-corrected chi connectivity index (χ2v) is 5.56. The molecule has 5 heteroatoms. The number of carbonyl (C=O) groups is 1. The van der Waals surface area contributed by atoms with E-state index in [2.05, 4.69) is 15.9 Å². The van der Waals surface area contributed by atoms with Crippen LogP contribution >= 0.6 is 15.9 Å².